The van der Waals surface area contributed by atoms with E-state index in [1.165, 1.54) is 19.3 Å². The highest BCUT2D eigenvalue weighted by molar-refractivity contribution is 5.46. The molecule has 0 N–H and O–H groups in total. The number of hydrogen-bond acceptors (Lipinski definition) is 1. The number of carbonyl (C=O) groups is 1. The second-order valence-corrected chi connectivity index (χ2v) is 3.20. The summed E-state index contributed by atoms with van der Waals surface area (Å²) in [7, 11) is 0. The fourth-order valence-corrected chi connectivity index (χ4v) is 1.49. The molecule has 1 aliphatic rings. The van der Waals surface area contributed by atoms with Crippen LogP contribution >= 0.6 is 0 Å². The monoisotopic (exact) mass is 141 g/mol. The zero-order chi connectivity index (χ0) is 7.40. The highest BCUT2D eigenvalue weighted by Gasteiger charge is 2.11. The average Bonchev–Trinajstić information content (AvgIpc) is 2.13. The maximum atomic E-state index is 10.4. The molecule has 1 rings (SSSR count). The Balaban J connectivity index is 2.37. The van der Waals surface area contributed by atoms with Crippen molar-refractivity contribution in [2.75, 3.05) is 13.1 Å². The summed E-state index contributed by atoms with van der Waals surface area (Å²) in [5.41, 5.74) is 0. The van der Waals surface area contributed by atoms with Crippen molar-refractivity contribution in [1.82, 2.24) is 4.90 Å². The Kier molecular flexibility index (Phi) is 2.72. The second-order valence-electron chi connectivity index (χ2n) is 3.20. The molecule has 2 heteroatoms. The molecule has 0 aliphatic carbocycles. The number of carbonyl (C=O) groups excluding carboxylic acids is 1. The van der Waals surface area contributed by atoms with Gasteiger partial charge in [-0.1, -0.05) is 13.3 Å². The quantitative estimate of drug-likeness (QED) is 0.503. The molecule has 0 aromatic heterocycles. The van der Waals surface area contributed by atoms with Crippen LogP contribution in [0.15, 0.2) is 0 Å². The SMILES string of the molecule is CC1CCCCN(C=O)C1. The average molecular weight is 141 g/mol. The van der Waals surface area contributed by atoms with Gasteiger partial charge in [-0.15, -0.1) is 0 Å². The molecule has 0 aromatic rings. The molecular formula is C8H15NO. The summed E-state index contributed by atoms with van der Waals surface area (Å²) in [5, 5.41) is 0. The highest BCUT2D eigenvalue weighted by Crippen LogP contribution is 2.13. The molecule has 1 fully saturated rings. The van der Waals surface area contributed by atoms with Gasteiger partial charge in [-0.05, 0) is 18.8 Å². The molecule has 1 atom stereocenters. The van der Waals surface area contributed by atoms with Crippen molar-refractivity contribution in [3.63, 3.8) is 0 Å². The second kappa shape index (κ2) is 3.59. The highest BCUT2D eigenvalue weighted by atomic mass is 16.1. The van der Waals surface area contributed by atoms with Gasteiger partial charge in [0, 0.05) is 13.1 Å². The van der Waals surface area contributed by atoms with Crippen LogP contribution in [0.4, 0.5) is 0 Å². The molecule has 1 saturated heterocycles. The lowest BCUT2D eigenvalue weighted by molar-refractivity contribution is -0.118. The van der Waals surface area contributed by atoms with Crippen molar-refractivity contribution in [3.8, 4) is 0 Å². The predicted molar refractivity (Wildman–Crippen MR) is 40.7 cm³/mol. The van der Waals surface area contributed by atoms with Gasteiger partial charge in [0.25, 0.3) is 0 Å². The Bertz CT molecular complexity index is 114. The number of rotatable bonds is 1. The smallest absolute Gasteiger partial charge is 0.209 e. The van der Waals surface area contributed by atoms with Gasteiger partial charge in [0.15, 0.2) is 0 Å². The molecule has 1 unspecified atom stereocenters. The van der Waals surface area contributed by atoms with Gasteiger partial charge in [0.05, 0.1) is 0 Å². The van der Waals surface area contributed by atoms with E-state index in [0.717, 1.165) is 19.5 Å². The Morgan fingerprint density at radius 3 is 3.00 bits per heavy atom. The van der Waals surface area contributed by atoms with Crippen molar-refractivity contribution < 1.29 is 4.79 Å². The summed E-state index contributed by atoms with van der Waals surface area (Å²) in [6.07, 6.45) is 4.72. The van der Waals surface area contributed by atoms with E-state index in [-0.39, 0.29) is 0 Å². The zero-order valence-corrected chi connectivity index (χ0v) is 6.55. The van der Waals surface area contributed by atoms with Gasteiger partial charge in [0.2, 0.25) is 6.41 Å². The lowest BCUT2D eigenvalue weighted by Crippen LogP contribution is -2.25. The number of nitrogens with zero attached hydrogens (tertiary/aromatic N) is 1. The Morgan fingerprint density at radius 2 is 2.30 bits per heavy atom. The Hall–Kier alpha value is -0.530. The van der Waals surface area contributed by atoms with Gasteiger partial charge in [0.1, 0.15) is 0 Å². The van der Waals surface area contributed by atoms with E-state index in [9.17, 15) is 4.79 Å². The van der Waals surface area contributed by atoms with Crippen molar-refractivity contribution in [2.24, 2.45) is 5.92 Å². The maximum absolute atomic E-state index is 10.4. The van der Waals surface area contributed by atoms with E-state index in [0.29, 0.717) is 5.92 Å². The van der Waals surface area contributed by atoms with Gasteiger partial charge in [-0.2, -0.15) is 0 Å². The first-order valence-corrected chi connectivity index (χ1v) is 4.02. The van der Waals surface area contributed by atoms with Gasteiger partial charge in [-0.3, -0.25) is 4.79 Å². The molecule has 58 valence electrons. The molecule has 1 aliphatic heterocycles. The molecule has 0 spiro atoms. The molecule has 0 saturated carbocycles. The van der Waals surface area contributed by atoms with Crippen molar-refractivity contribution >= 4 is 6.41 Å². The summed E-state index contributed by atoms with van der Waals surface area (Å²) >= 11 is 0. The Morgan fingerprint density at radius 1 is 1.50 bits per heavy atom. The molecule has 10 heavy (non-hydrogen) atoms. The van der Waals surface area contributed by atoms with Crippen LogP contribution in [0.1, 0.15) is 26.2 Å². The third-order valence-electron chi connectivity index (χ3n) is 2.09. The van der Waals surface area contributed by atoms with E-state index in [4.69, 9.17) is 0 Å². The van der Waals surface area contributed by atoms with Crippen LogP contribution in [-0.4, -0.2) is 24.4 Å². The summed E-state index contributed by atoms with van der Waals surface area (Å²) < 4.78 is 0. The lowest BCUT2D eigenvalue weighted by atomic mass is 10.1. The van der Waals surface area contributed by atoms with Crippen LogP contribution in [0.5, 0.6) is 0 Å². The molecule has 0 bridgehead atoms. The third kappa shape index (κ3) is 2.01. The van der Waals surface area contributed by atoms with E-state index in [1.54, 1.807) is 0 Å². The fraction of sp³-hybridized carbons (Fsp3) is 0.875. The summed E-state index contributed by atoms with van der Waals surface area (Å²) in [6.45, 7) is 4.14. The summed E-state index contributed by atoms with van der Waals surface area (Å²) in [5.74, 6) is 0.702. The van der Waals surface area contributed by atoms with Gasteiger partial charge >= 0.3 is 0 Å². The van der Waals surface area contributed by atoms with Crippen LogP contribution in [0.2, 0.25) is 0 Å². The lowest BCUT2D eigenvalue weighted by Gasteiger charge is -2.16. The first-order valence-electron chi connectivity index (χ1n) is 4.02. The van der Waals surface area contributed by atoms with E-state index in [2.05, 4.69) is 6.92 Å². The fourth-order valence-electron chi connectivity index (χ4n) is 1.49. The van der Waals surface area contributed by atoms with Crippen LogP contribution in [0, 0.1) is 5.92 Å². The van der Waals surface area contributed by atoms with E-state index in [1.807, 2.05) is 4.90 Å². The first kappa shape index (κ1) is 7.58. The summed E-state index contributed by atoms with van der Waals surface area (Å²) in [6, 6.07) is 0. The van der Waals surface area contributed by atoms with E-state index < -0.39 is 0 Å². The molecule has 2 nitrogen and oxygen atoms in total. The number of likely N-dealkylation sites (tertiary alicyclic amines) is 1. The normalized spacial score (nSPS) is 27.7. The minimum Gasteiger partial charge on any atom is -0.345 e. The van der Waals surface area contributed by atoms with Gasteiger partial charge < -0.3 is 4.90 Å². The largest absolute Gasteiger partial charge is 0.345 e. The molecule has 0 radical (unpaired) electrons. The van der Waals surface area contributed by atoms with Crippen LogP contribution in [0.25, 0.3) is 0 Å². The van der Waals surface area contributed by atoms with Crippen molar-refractivity contribution in [1.29, 1.82) is 0 Å². The van der Waals surface area contributed by atoms with Crippen molar-refractivity contribution in [2.45, 2.75) is 26.2 Å². The predicted octanol–water partition coefficient (Wildman–Crippen LogP) is 1.26. The minimum absolute atomic E-state index is 0.702. The van der Waals surface area contributed by atoms with E-state index >= 15 is 0 Å². The third-order valence-corrected chi connectivity index (χ3v) is 2.09. The van der Waals surface area contributed by atoms with Crippen LogP contribution in [-0.2, 0) is 4.79 Å². The maximum Gasteiger partial charge on any atom is 0.209 e. The zero-order valence-electron chi connectivity index (χ0n) is 6.55. The molecule has 1 heterocycles. The minimum atomic E-state index is 0.702. The number of hydrogen-bond donors (Lipinski definition) is 0. The molecule has 0 aromatic carbocycles. The topological polar surface area (TPSA) is 20.3 Å². The number of amides is 1. The Labute approximate surface area is 62.2 Å². The van der Waals surface area contributed by atoms with Crippen molar-refractivity contribution in [3.05, 3.63) is 0 Å². The molecule has 1 amide bonds. The standard InChI is InChI=1S/C8H15NO/c1-8-4-2-3-5-9(6-8)7-10/h7-8H,2-6H2,1H3. The van der Waals surface area contributed by atoms with Gasteiger partial charge in [-0.25, -0.2) is 0 Å². The molecular weight excluding hydrogens is 126 g/mol. The summed E-state index contributed by atoms with van der Waals surface area (Å²) in [4.78, 5) is 12.3. The van der Waals surface area contributed by atoms with Crippen LogP contribution in [0.3, 0.4) is 0 Å². The first-order chi connectivity index (χ1) is 4.83. The van der Waals surface area contributed by atoms with Crippen LogP contribution < -0.4 is 0 Å².